The van der Waals surface area contributed by atoms with Crippen molar-refractivity contribution < 1.29 is 19.5 Å². The molecule has 3 amide bonds. The third-order valence-corrected chi connectivity index (χ3v) is 3.56. The van der Waals surface area contributed by atoms with Crippen molar-refractivity contribution >= 4 is 17.9 Å². The van der Waals surface area contributed by atoms with E-state index in [1.54, 1.807) is 4.90 Å². The first kappa shape index (κ1) is 15.3. The molecule has 0 aliphatic carbocycles. The summed E-state index contributed by atoms with van der Waals surface area (Å²) < 4.78 is 0. The van der Waals surface area contributed by atoms with Crippen LogP contribution in [0.1, 0.15) is 26.7 Å². The van der Waals surface area contributed by atoms with Crippen LogP contribution in [-0.2, 0) is 9.59 Å². The molecule has 2 unspecified atom stereocenters. The minimum absolute atomic E-state index is 0.0328. The summed E-state index contributed by atoms with van der Waals surface area (Å²) in [4.78, 5) is 36.6. The maximum atomic E-state index is 12.3. The van der Waals surface area contributed by atoms with Gasteiger partial charge < -0.3 is 20.6 Å². The van der Waals surface area contributed by atoms with E-state index in [9.17, 15) is 14.4 Å². The summed E-state index contributed by atoms with van der Waals surface area (Å²) in [6.07, 6.45) is 1.93. The van der Waals surface area contributed by atoms with Gasteiger partial charge in [0, 0.05) is 12.6 Å². The number of carboxylic acids is 1. The third-order valence-electron chi connectivity index (χ3n) is 3.56. The van der Waals surface area contributed by atoms with E-state index < -0.39 is 24.5 Å². The van der Waals surface area contributed by atoms with Crippen molar-refractivity contribution in [1.82, 2.24) is 9.80 Å². The highest BCUT2D eigenvalue weighted by molar-refractivity contribution is 5.86. The molecule has 1 heterocycles. The normalized spacial score (nSPS) is 22.9. The predicted octanol–water partition coefficient (Wildman–Crippen LogP) is 0.0987. The first-order valence-electron chi connectivity index (χ1n) is 6.38. The van der Waals surface area contributed by atoms with Gasteiger partial charge in [0.2, 0.25) is 5.91 Å². The van der Waals surface area contributed by atoms with Crippen LogP contribution in [0.2, 0.25) is 0 Å². The molecule has 7 heteroatoms. The smallest absolute Gasteiger partial charge is 0.323 e. The number of urea groups is 1. The summed E-state index contributed by atoms with van der Waals surface area (Å²) in [5.74, 6) is -1.52. The van der Waals surface area contributed by atoms with E-state index in [1.165, 1.54) is 0 Å². The Kier molecular flexibility index (Phi) is 5.14. The first-order chi connectivity index (χ1) is 8.82. The maximum absolute atomic E-state index is 12.3. The number of carboxylic acid groups (broad SMARTS) is 1. The van der Waals surface area contributed by atoms with E-state index in [1.807, 2.05) is 6.92 Å². The summed E-state index contributed by atoms with van der Waals surface area (Å²) in [5.41, 5.74) is 5.05. The van der Waals surface area contributed by atoms with E-state index >= 15 is 0 Å². The van der Waals surface area contributed by atoms with Crippen molar-refractivity contribution in [2.45, 2.75) is 32.7 Å². The van der Waals surface area contributed by atoms with Crippen molar-refractivity contribution in [3.8, 4) is 0 Å². The van der Waals surface area contributed by atoms with Gasteiger partial charge in [0.1, 0.15) is 13.1 Å². The second-order valence-electron chi connectivity index (χ2n) is 5.05. The summed E-state index contributed by atoms with van der Waals surface area (Å²) in [6.45, 7) is 3.69. The highest BCUT2D eigenvalue weighted by Gasteiger charge is 2.32. The Balaban J connectivity index is 2.79. The molecule has 2 atom stereocenters. The Bertz CT molecular complexity index is 356. The van der Waals surface area contributed by atoms with E-state index in [4.69, 9.17) is 10.8 Å². The number of carbonyl (C=O) groups excluding carboxylic acids is 2. The van der Waals surface area contributed by atoms with Gasteiger partial charge in [-0.1, -0.05) is 6.92 Å². The van der Waals surface area contributed by atoms with Crippen LogP contribution in [-0.4, -0.2) is 58.5 Å². The molecule has 0 aromatic carbocycles. The zero-order valence-electron chi connectivity index (χ0n) is 11.3. The number of primary amides is 1. The van der Waals surface area contributed by atoms with Gasteiger partial charge in [0.25, 0.3) is 0 Å². The number of carbonyl (C=O) groups is 3. The topological polar surface area (TPSA) is 104 Å². The number of rotatable bonds is 4. The second-order valence-corrected chi connectivity index (χ2v) is 5.05. The van der Waals surface area contributed by atoms with Crippen LogP contribution in [0.3, 0.4) is 0 Å². The molecule has 0 bridgehead atoms. The average Bonchev–Trinajstić information content (AvgIpc) is 2.30. The number of hydrogen-bond acceptors (Lipinski definition) is 3. The predicted molar refractivity (Wildman–Crippen MR) is 68.4 cm³/mol. The van der Waals surface area contributed by atoms with Gasteiger partial charge in [0.15, 0.2) is 0 Å². The number of amides is 3. The van der Waals surface area contributed by atoms with E-state index in [0.717, 1.165) is 17.7 Å². The maximum Gasteiger partial charge on any atom is 0.323 e. The fourth-order valence-electron chi connectivity index (χ4n) is 2.33. The Morgan fingerprint density at radius 2 is 1.95 bits per heavy atom. The lowest BCUT2D eigenvalue weighted by Crippen LogP contribution is -2.54. The first-order valence-corrected chi connectivity index (χ1v) is 6.38. The summed E-state index contributed by atoms with van der Waals surface area (Å²) >= 11 is 0. The minimum Gasteiger partial charge on any atom is -0.480 e. The largest absolute Gasteiger partial charge is 0.480 e. The van der Waals surface area contributed by atoms with Crippen molar-refractivity contribution in [2.75, 3.05) is 19.6 Å². The molecule has 1 rings (SSSR count). The van der Waals surface area contributed by atoms with Gasteiger partial charge in [0.05, 0.1) is 0 Å². The van der Waals surface area contributed by atoms with Crippen molar-refractivity contribution in [3.63, 3.8) is 0 Å². The van der Waals surface area contributed by atoms with Crippen LogP contribution >= 0.6 is 0 Å². The lowest BCUT2D eigenvalue weighted by atomic mass is 9.92. The molecule has 1 fully saturated rings. The van der Waals surface area contributed by atoms with Crippen molar-refractivity contribution in [3.05, 3.63) is 0 Å². The van der Waals surface area contributed by atoms with E-state index in [2.05, 4.69) is 6.92 Å². The molecule has 19 heavy (non-hydrogen) atoms. The zero-order valence-corrected chi connectivity index (χ0v) is 11.3. The summed E-state index contributed by atoms with van der Waals surface area (Å²) in [5, 5.41) is 8.80. The van der Waals surface area contributed by atoms with Gasteiger partial charge in [-0.2, -0.15) is 0 Å². The van der Waals surface area contributed by atoms with Gasteiger partial charge in [-0.05, 0) is 25.7 Å². The quantitative estimate of drug-likeness (QED) is 0.756. The number of piperidine rings is 1. The van der Waals surface area contributed by atoms with Crippen LogP contribution in [0.25, 0.3) is 0 Å². The third kappa shape index (κ3) is 4.11. The molecule has 0 aromatic heterocycles. The zero-order chi connectivity index (χ0) is 14.6. The molecular formula is C12H21N3O4. The fourth-order valence-corrected chi connectivity index (χ4v) is 2.33. The van der Waals surface area contributed by atoms with Crippen LogP contribution in [0.5, 0.6) is 0 Å². The molecule has 0 radical (unpaired) electrons. The highest BCUT2D eigenvalue weighted by Crippen LogP contribution is 2.23. The molecule has 1 aliphatic rings. The monoisotopic (exact) mass is 271 g/mol. The number of hydrogen-bond donors (Lipinski definition) is 2. The van der Waals surface area contributed by atoms with Crippen LogP contribution in [0, 0.1) is 5.92 Å². The van der Waals surface area contributed by atoms with Gasteiger partial charge in [-0.3, -0.25) is 9.59 Å². The van der Waals surface area contributed by atoms with Crippen molar-refractivity contribution in [2.24, 2.45) is 11.7 Å². The average molecular weight is 271 g/mol. The lowest BCUT2D eigenvalue weighted by Gasteiger charge is -2.40. The summed E-state index contributed by atoms with van der Waals surface area (Å²) in [6, 6.07) is -0.398. The van der Waals surface area contributed by atoms with Crippen LogP contribution in [0.4, 0.5) is 4.79 Å². The molecule has 0 saturated carbocycles. The van der Waals surface area contributed by atoms with Gasteiger partial charge >= 0.3 is 12.0 Å². The Morgan fingerprint density at radius 1 is 1.32 bits per heavy atom. The SMILES string of the molecule is CC1CCCN(C(=O)N(CC(N)=O)CC(=O)O)C1C. The molecule has 1 saturated heterocycles. The minimum atomic E-state index is -1.16. The molecule has 0 aromatic rings. The number of likely N-dealkylation sites (tertiary alicyclic amines) is 1. The standard InChI is InChI=1S/C12H21N3O4/c1-8-4-3-5-15(9(8)2)12(19)14(6-10(13)16)7-11(17)18/h8-9H,3-7H2,1-2H3,(H2,13,16)(H,17,18). The van der Waals surface area contributed by atoms with Crippen LogP contribution < -0.4 is 5.73 Å². The summed E-state index contributed by atoms with van der Waals surface area (Å²) in [7, 11) is 0. The van der Waals surface area contributed by atoms with Crippen LogP contribution in [0.15, 0.2) is 0 Å². The second kappa shape index (κ2) is 6.40. The molecule has 0 spiro atoms. The van der Waals surface area contributed by atoms with Crippen molar-refractivity contribution in [1.29, 1.82) is 0 Å². The lowest BCUT2D eigenvalue weighted by molar-refractivity contribution is -0.138. The van der Waals surface area contributed by atoms with E-state index in [-0.39, 0.29) is 12.6 Å². The molecule has 7 nitrogen and oxygen atoms in total. The molecule has 1 aliphatic heterocycles. The number of nitrogens with two attached hydrogens (primary N) is 1. The van der Waals surface area contributed by atoms with Gasteiger partial charge in [-0.25, -0.2) is 4.79 Å². The van der Waals surface area contributed by atoms with E-state index in [0.29, 0.717) is 12.5 Å². The van der Waals surface area contributed by atoms with Gasteiger partial charge in [-0.15, -0.1) is 0 Å². The Labute approximate surface area is 112 Å². The fraction of sp³-hybridized carbons (Fsp3) is 0.750. The molecule has 3 N–H and O–H groups in total. The number of aliphatic carboxylic acids is 1. The Hall–Kier alpha value is -1.79. The number of nitrogens with zero attached hydrogens (tertiary/aromatic N) is 2. The highest BCUT2D eigenvalue weighted by atomic mass is 16.4. The Morgan fingerprint density at radius 3 is 2.47 bits per heavy atom. The molecular weight excluding hydrogens is 250 g/mol. The molecule has 108 valence electrons.